The zero-order valence-electron chi connectivity index (χ0n) is 22.4. The molecule has 0 unspecified atom stereocenters. The van der Waals surface area contributed by atoms with Crippen LogP contribution in [0.3, 0.4) is 0 Å². The van der Waals surface area contributed by atoms with Gasteiger partial charge in [0, 0.05) is 17.9 Å². The van der Waals surface area contributed by atoms with Crippen molar-refractivity contribution in [2.75, 3.05) is 4.90 Å². The summed E-state index contributed by atoms with van der Waals surface area (Å²) in [5, 5.41) is 0. The van der Waals surface area contributed by atoms with Crippen LogP contribution in [-0.2, 0) is 15.8 Å². The molecule has 2 aromatic carbocycles. The Hall–Kier alpha value is -2.86. The molecule has 1 heterocycles. The van der Waals surface area contributed by atoms with E-state index in [0.29, 0.717) is 40.7 Å². The number of nitrogens with zero attached hydrogens (tertiary/aromatic N) is 1. The molecule has 0 N–H and O–H groups in total. The minimum absolute atomic E-state index is 0.0955. The number of fused-ring (bicyclic) bond motifs is 2. The number of carbonyl (C=O) groups is 2. The van der Waals surface area contributed by atoms with Crippen LogP contribution in [0.25, 0.3) is 0 Å². The number of carbonyl (C=O) groups excluding carboxylic acids is 2. The average molecular weight is 506 g/mol. The summed E-state index contributed by atoms with van der Waals surface area (Å²) in [7, 11) is -2.16. The highest BCUT2D eigenvalue weighted by molar-refractivity contribution is 6.77. The Labute approximate surface area is 216 Å². The smallest absolute Gasteiger partial charge is 0.414 e. The normalized spacial score (nSPS) is 19.8. The van der Waals surface area contributed by atoms with E-state index >= 15 is 0 Å². The molecule has 2 aromatic rings. The molecular formula is C30H39NO4Si. The van der Waals surface area contributed by atoms with Gasteiger partial charge in [0.25, 0.3) is 8.32 Å². The van der Waals surface area contributed by atoms with Gasteiger partial charge >= 0.3 is 6.09 Å². The zero-order valence-corrected chi connectivity index (χ0v) is 23.4. The van der Waals surface area contributed by atoms with Crippen molar-refractivity contribution >= 4 is 25.9 Å². The fourth-order valence-corrected chi connectivity index (χ4v) is 11.7. The van der Waals surface area contributed by atoms with Gasteiger partial charge in [-0.3, -0.25) is 9.69 Å². The van der Waals surface area contributed by atoms with Crippen molar-refractivity contribution in [3.8, 4) is 0 Å². The lowest BCUT2D eigenvalue weighted by atomic mass is 9.78. The third-order valence-corrected chi connectivity index (χ3v) is 14.0. The molecule has 2 atom stereocenters. The second kappa shape index (κ2) is 10.6. The molecule has 5 nitrogen and oxygen atoms in total. The number of ketones is 1. The van der Waals surface area contributed by atoms with Crippen LogP contribution < -0.4 is 4.90 Å². The molecule has 1 amide bonds. The van der Waals surface area contributed by atoms with Gasteiger partial charge in [0.15, 0.2) is 5.78 Å². The quantitative estimate of drug-likeness (QED) is 0.359. The summed E-state index contributed by atoms with van der Waals surface area (Å²) in [6.45, 7) is 13.8. The molecule has 0 fully saturated rings. The number of amides is 1. The molecule has 4 rings (SSSR count). The number of allylic oxidation sites excluding steroid dienone is 1. The lowest BCUT2D eigenvalue weighted by Crippen LogP contribution is -2.54. The highest BCUT2D eigenvalue weighted by Crippen LogP contribution is 2.47. The lowest BCUT2D eigenvalue weighted by molar-refractivity contribution is 0.0867. The minimum atomic E-state index is -2.16. The first-order valence-electron chi connectivity index (χ1n) is 13.2. The second-order valence-corrected chi connectivity index (χ2v) is 16.4. The molecule has 0 bridgehead atoms. The topological polar surface area (TPSA) is 55.8 Å². The van der Waals surface area contributed by atoms with E-state index in [1.165, 1.54) is 0 Å². The lowest BCUT2D eigenvalue weighted by Gasteiger charge is -2.47. The highest BCUT2D eigenvalue weighted by Gasteiger charge is 2.50. The number of rotatable bonds is 7. The van der Waals surface area contributed by atoms with E-state index in [2.05, 4.69) is 47.6 Å². The molecule has 6 heteroatoms. The highest BCUT2D eigenvalue weighted by atomic mass is 28.4. The number of hydrogen-bond donors (Lipinski definition) is 0. The first-order valence-corrected chi connectivity index (χ1v) is 15.3. The number of ether oxygens (including phenoxy) is 1. The Bertz CT molecular complexity index is 1100. The predicted octanol–water partition coefficient (Wildman–Crippen LogP) is 7.88. The van der Waals surface area contributed by atoms with Gasteiger partial charge in [-0.25, -0.2) is 4.79 Å². The maximum atomic E-state index is 13.6. The molecule has 0 saturated carbocycles. The third kappa shape index (κ3) is 4.75. The van der Waals surface area contributed by atoms with E-state index in [9.17, 15) is 9.59 Å². The fourth-order valence-electron chi connectivity index (χ4n) is 6.36. The molecule has 0 aromatic heterocycles. The largest absolute Gasteiger partial charge is 0.546 e. The SMILES string of the molecule is CC(C)[Si](OC1=CC[C@H]2C(=O)c3ccccc3N(C(=O)OCc3ccccc3)[C@H]2C1)(C(C)C)C(C)C. The Balaban J connectivity index is 1.65. The summed E-state index contributed by atoms with van der Waals surface area (Å²) in [6, 6.07) is 16.7. The van der Waals surface area contributed by atoms with Crippen molar-refractivity contribution in [2.45, 2.75) is 83.7 Å². The van der Waals surface area contributed by atoms with Crippen molar-refractivity contribution in [3.05, 3.63) is 77.6 Å². The van der Waals surface area contributed by atoms with E-state index < -0.39 is 14.4 Å². The summed E-state index contributed by atoms with van der Waals surface area (Å²) >= 11 is 0. The second-order valence-electron chi connectivity index (χ2n) is 11.0. The van der Waals surface area contributed by atoms with E-state index in [1.54, 1.807) is 4.90 Å². The van der Waals surface area contributed by atoms with Crippen LogP contribution >= 0.6 is 0 Å². The van der Waals surface area contributed by atoms with Gasteiger partial charge in [-0.2, -0.15) is 0 Å². The first kappa shape index (κ1) is 26.2. The number of hydrogen-bond acceptors (Lipinski definition) is 4. The van der Waals surface area contributed by atoms with Crippen molar-refractivity contribution in [3.63, 3.8) is 0 Å². The van der Waals surface area contributed by atoms with Crippen LogP contribution in [0.2, 0.25) is 16.6 Å². The van der Waals surface area contributed by atoms with E-state index in [4.69, 9.17) is 9.16 Å². The number of benzene rings is 2. The van der Waals surface area contributed by atoms with Crippen LogP contribution in [-0.4, -0.2) is 26.2 Å². The summed E-state index contributed by atoms with van der Waals surface area (Å²) in [4.78, 5) is 28.7. The fraction of sp³-hybridized carbons (Fsp3) is 0.467. The zero-order chi connectivity index (χ0) is 26.0. The van der Waals surface area contributed by atoms with Gasteiger partial charge in [0.1, 0.15) is 6.61 Å². The molecular weight excluding hydrogens is 466 g/mol. The molecule has 0 radical (unpaired) electrons. The van der Waals surface area contributed by atoms with E-state index in [0.717, 1.165) is 11.3 Å². The summed E-state index contributed by atoms with van der Waals surface area (Å²) < 4.78 is 12.8. The maximum absolute atomic E-state index is 13.6. The van der Waals surface area contributed by atoms with Crippen molar-refractivity contribution < 1.29 is 18.8 Å². The maximum Gasteiger partial charge on any atom is 0.414 e. The molecule has 36 heavy (non-hydrogen) atoms. The van der Waals surface area contributed by atoms with Gasteiger partial charge in [0.2, 0.25) is 0 Å². The molecule has 1 aliphatic heterocycles. The molecule has 1 aliphatic carbocycles. The molecule has 192 valence electrons. The summed E-state index contributed by atoms with van der Waals surface area (Å²) in [5.74, 6) is 0.717. The Kier molecular flexibility index (Phi) is 7.74. The number of anilines is 1. The molecule has 0 spiro atoms. The summed E-state index contributed by atoms with van der Waals surface area (Å²) in [6.07, 6.45) is 2.77. The summed E-state index contributed by atoms with van der Waals surface area (Å²) in [5.41, 5.74) is 3.47. The van der Waals surface area contributed by atoms with Crippen LogP contribution in [0.1, 0.15) is 70.3 Å². The van der Waals surface area contributed by atoms with E-state index in [1.807, 2.05) is 54.6 Å². The Morgan fingerprint density at radius 3 is 2.19 bits per heavy atom. The predicted molar refractivity (Wildman–Crippen MR) is 147 cm³/mol. The van der Waals surface area contributed by atoms with Crippen LogP contribution in [0.15, 0.2) is 66.4 Å². The third-order valence-electron chi connectivity index (χ3n) is 7.99. The van der Waals surface area contributed by atoms with Crippen LogP contribution in [0, 0.1) is 5.92 Å². The van der Waals surface area contributed by atoms with Crippen LogP contribution in [0.4, 0.5) is 10.5 Å². The minimum Gasteiger partial charge on any atom is -0.546 e. The van der Waals surface area contributed by atoms with E-state index in [-0.39, 0.29) is 24.3 Å². The van der Waals surface area contributed by atoms with Gasteiger partial charge in [-0.15, -0.1) is 0 Å². The monoisotopic (exact) mass is 505 g/mol. The van der Waals surface area contributed by atoms with Crippen molar-refractivity contribution in [1.29, 1.82) is 0 Å². The van der Waals surface area contributed by atoms with Crippen molar-refractivity contribution in [1.82, 2.24) is 0 Å². The van der Waals surface area contributed by atoms with Gasteiger partial charge in [-0.1, -0.05) is 84.0 Å². The van der Waals surface area contributed by atoms with Gasteiger partial charge in [0.05, 0.1) is 17.5 Å². The molecule has 2 aliphatic rings. The van der Waals surface area contributed by atoms with Gasteiger partial charge in [-0.05, 0) is 46.8 Å². The Morgan fingerprint density at radius 1 is 0.944 bits per heavy atom. The number of Topliss-reactive ketones (excluding diaryl/α,β-unsaturated/α-hetero) is 1. The van der Waals surface area contributed by atoms with Crippen LogP contribution in [0.5, 0.6) is 0 Å². The van der Waals surface area contributed by atoms with Crippen molar-refractivity contribution in [2.24, 2.45) is 5.92 Å². The van der Waals surface area contributed by atoms with Gasteiger partial charge < -0.3 is 9.16 Å². The molecule has 0 saturated heterocycles. The Morgan fingerprint density at radius 2 is 1.56 bits per heavy atom. The first-order chi connectivity index (χ1) is 17.2. The average Bonchev–Trinajstić information content (AvgIpc) is 2.86. The standard InChI is InChI=1S/C30H39NO4Si/c1-20(2)36(21(3)4,22(5)6)35-24-16-17-26-28(18-24)31(27-15-11-10-14-25(27)29(26)32)30(33)34-19-23-12-8-7-9-13-23/h7-16,20-22,26,28H,17-19H2,1-6H3/t26-,28+/m1/s1. The number of para-hydroxylation sites is 1.